The van der Waals surface area contributed by atoms with Gasteiger partial charge in [-0.2, -0.15) is 0 Å². The molecule has 284 valence electrons. The van der Waals surface area contributed by atoms with Crippen molar-refractivity contribution in [3.8, 4) is 0 Å². The van der Waals surface area contributed by atoms with E-state index in [1.165, 1.54) is 83.5 Å². The maximum Gasteiger partial charge on any atom is 0.306 e. The van der Waals surface area contributed by atoms with E-state index in [9.17, 15) is 19.0 Å². The summed E-state index contributed by atoms with van der Waals surface area (Å²) in [5.41, 5.74) is 0. The molecule has 0 aliphatic rings. The molecule has 0 aromatic heterocycles. The van der Waals surface area contributed by atoms with Gasteiger partial charge in [-0.25, -0.2) is 0 Å². The van der Waals surface area contributed by atoms with Gasteiger partial charge in [0, 0.05) is 12.8 Å². The summed E-state index contributed by atoms with van der Waals surface area (Å²) in [6.45, 7) is 4.18. The minimum Gasteiger partial charge on any atom is -0.756 e. The van der Waals surface area contributed by atoms with Gasteiger partial charge in [0.05, 0.1) is 27.7 Å². The fraction of sp³-hybridized carbons (Fsp3) is 0.895. The van der Waals surface area contributed by atoms with Gasteiger partial charge in [-0.3, -0.25) is 14.2 Å². The minimum atomic E-state index is -4.61. The van der Waals surface area contributed by atoms with Crippen LogP contribution in [0.3, 0.4) is 0 Å². The number of unbranched alkanes of at least 4 members (excludes halogenated alkanes) is 19. The van der Waals surface area contributed by atoms with Crippen LogP contribution in [0.2, 0.25) is 0 Å². The van der Waals surface area contributed by atoms with Crippen molar-refractivity contribution in [2.75, 3.05) is 47.5 Å². The highest BCUT2D eigenvalue weighted by atomic mass is 31.2. The molecule has 0 aliphatic carbocycles. The molecule has 0 saturated heterocycles. The van der Waals surface area contributed by atoms with Crippen LogP contribution in [0.4, 0.5) is 0 Å². The second-order valence-electron chi connectivity index (χ2n) is 14.3. The molecule has 10 heteroatoms. The Bertz CT molecular complexity index is 845. The first-order valence-corrected chi connectivity index (χ1v) is 20.9. The van der Waals surface area contributed by atoms with E-state index >= 15 is 0 Å². The number of ether oxygens (including phenoxy) is 2. The number of hydrogen-bond acceptors (Lipinski definition) is 8. The monoisotopic (exact) mass is 704 g/mol. The molecule has 48 heavy (non-hydrogen) atoms. The van der Waals surface area contributed by atoms with Crippen LogP contribution in [0.15, 0.2) is 12.2 Å². The first kappa shape index (κ1) is 46.8. The van der Waals surface area contributed by atoms with Crippen molar-refractivity contribution in [1.29, 1.82) is 0 Å². The van der Waals surface area contributed by atoms with Crippen LogP contribution in [0.5, 0.6) is 0 Å². The first-order chi connectivity index (χ1) is 23.0. The molecule has 0 aliphatic heterocycles. The lowest BCUT2D eigenvalue weighted by Gasteiger charge is -2.28. The van der Waals surface area contributed by atoms with Gasteiger partial charge in [-0.1, -0.05) is 129 Å². The van der Waals surface area contributed by atoms with Crippen molar-refractivity contribution in [2.24, 2.45) is 0 Å². The normalized spacial score (nSPS) is 13.9. The molecule has 0 radical (unpaired) electrons. The number of phosphoric acid groups is 1. The predicted molar refractivity (Wildman–Crippen MR) is 195 cm³/mol. The lowest BCUT2D eigenvalue weighted by atomic mass is 10.1. The van der Waals surface area contributed by atoms with E-state index in [4.69, 9.17) is 18.5 Å². The van der Waals surface area contributed by atoms with E-state index in [1.807, 2.05) is 21.1 Å². The zero-order valence-corrected chi connectivity index (χ0v) is 32.6. The molecule has 9 nitrogen and oxygen atoms in total. The molecule has 0 fully saturated rings. The molecule has 1 unspecified atom stereocenters. The van der Waals surface area contributed by atoms with Crippen LogP contribution in [-0.4, -0.2) is 70.0 Å². The predicted octanol–water partition coefficient (Wildman–Crippen LogP) is 9.61. The summed E-state index contributed by atoms with van der Waals surface area (Å²) in [5.74, 6) is -0.839. The minimum absolute atomic E-state index is 0.0288. The molecule has 0 heterocycles. The van der Waals surface area contributed by atoms with Gasteiger partial charge in [0.15, 0.2) is 6.10 Å². The molecular weight excluding hydrogens is 629 g/mol. The second-order valence-corrected chi connectivity index (χ2v) is 15.7. The van der Waals surface area contributed by atoms with Crippen molar-refractivity contribution in [3.63, 3.8) is 0 Å². The third kappa shape index (κ3) is 34.6. The Hall–Kier alpha value is -1.25. The first-order valence-electron chi connectivity index (χ1n) is 19.4. The van der Waals surface area contributed by atoms with Gasteiger partial charge in [0.25, 0.3) is 7.82 Å². The number of carbonyl (C=O) groups is 2. The molecule has 0 amide bonds. The largest absolute Gasteiger partial charge is 0.756 e. The van der Waals surface area contributed by atoms with Crippen molar-refractivity contribution >= 4 is 19.8 Å². The van der Waals surface area contributed by atoms with E-state index in [2.05, 4.69) is 26.0 Å². The lowest BCUT2D eigenvalue weighted by molar-refractivity contribution is -0.870. The molecule has 0 rings (SSSR count). The maximum absolute atomic E-state index is 12.5. The molecule has 0 bridgehead atoms. The fourth-order valence-electron chi connectivity index (χ4n) is 5.18. The standard InChI is InChI=1S/C38H74NO8P/c1-6-8-10-12-14-16-17-18-19-20-21-23-24-26-28-30-37(40)44-34-36(35-46-48(42,43)45-33-32-39(3,4)5)47-38(41)31-29-27-25-22-15-13-11-9-7-2/h16-17,36H,6-15,18-35H2,1-5H3/b17-16+/t36-/m0/s1. The average molecular weight is 704 g/mol. The SMILES string of the molecule is CCCCCC/C=C/CCCCCCCCCC(=O)OC[C@@H](COP(=O)([O-])OCC[N+](C)(C)C)OC(=O)CCCCCCCCCCC. The molecule has 0 N–H and O–H groups in total. The molecule has 0 aromatic carbocycles. The number of rotatable bonds is 35. The smallest absolute Gasteiger partial charge is 0.306 e. The van der Waals surface area contributed by atoms with E-state index < -0.39 is 26.5 Å². The quantitative estimate of drug-likeness (QED) is 0.0211. The summed E-state index contributed by atoms with van der Waals surface area (Å²) >= 11 is 0. The van der Waals surface area contributed by atoms with E-state index in [-0.39, 0.29) is 32.0 Å². The lowest BCUT2D eigenvalue weighted by Crippen LogP contribution is -2.37. The van der Waals surface area contributed by atoms with Crippen molar-refractivity contribution in [1.82, 2.24) is 0 Å². The summed E-state index contributed by atoms with van der Waals surface area (Å²) < 4.78 is 33.7. The van der Waals surface area contributed by atoms with Crippen LogP contribution < -0.4 is 4.89 Å². The number of phosphoric ester groups is 1. The highest BCUT2D eigenvalue weighted by molar-refractivity contribution is 7.45. The summed E-state index contributed by atoms with van der Waals surface area (Å²) in [5, 5.41) is 0. The Morgan fingerprint density at radius 1 is 0.625 bits per heavy atom. The number of quaternary nitrogens is 1. The number of allylic oxidation sites excluding steroid dienone is 2. The Balaban J connectivity index is 4.37. The van der Waals surface area contributed by atoms with Gasteiger partial charge in [-0.05, 0) is 38.5 Å². The number of hydrogen-bond donors (Lipinski definition) is 0. The third-order valence-corrected chi connectivity index (χ3v) is 9.25. The number of likely N-dealkylation sites (N-methyl/N-ethyl adjacent to an activating group) is 1. The van der Waals surface area contributed by atoms with Gasteiger partial charge >= 0.3 is 11.9 Å². The van der Waals surface area contributed by atoms with Gasteiger partial charge in [0.1, 0.15) is 19.8 Å². The Labute approximate surface area is 295 Å². The Morgan fingerprint density at radius 2 is 1.06 bits per heavy atom. The summed E-state index contributed by atoms with van der Waals surface area (Å²) in [6.07, 6.45) is 29.5. The summed E-state index contributed by atoms with van der Waals surface area (Å²) in [6, 6.07) is 0. The maximum atomic E-state index is 12.5. The van der Waals surface area contributed by atoms with Crippen molar-refractivity contribution in [2.45, 2.75) is 174 Å². The van der Waals surface area contributed by atoms with Gasteiger partial charge in [-0.15, -0.1) is 0 Å². The highest BCUT2D eigenvalue weighted by Crippen LogP contribution is 2.38. The number of esters is 2. The van der Waals surface area contributed by atoms with Crippen LogP contribution in [0, 0.1) is 0 Å². The van der Waals surface area contributed by atoms with Gasteiger partial charge < -0.3 is 27.9 Å². The number of nitrogens with zero attached hydrogens (tertiary/aromatic N) is 1. The zero-order valence-electron chi connectivity index (χ0n) is 31.7. The van der Waals surface area contributed by atoms with E-state index in [0.29, 0.717) is 17.4 Å². The fourth-order valence-corrected chi connectivity index (χ4v) is 5.91. The second kappa shape index (κ2) is 31.7. The molecule has 2 atom stereocenters. The van der Waals surface area contributed by atoms with E-state index in [0.717, 1.165) is 51.4 Å². The van der Waals surface area contributed by atoms with Crippen molar-refractivity contribution in [3.05, 3.63) is 12.2 Å². The Kier molecular flexibility index (Phi) is 30.9. The third-order valence-electron chi connectivity index (χ3n) is 8.29. The summed E-state index contributed by atoms with van der Waals surface area (Å²) in [4.78, 5) is 37.2. The Morgan fingerprint density at radius 3 is 1.56 bits per heavy atom. The van der Waals surface area contributed by atoms with E-state index in [1.54, 1.807) is 0 Å². The highest BCUT2D eigenvalue weighted by Gasteiger charge is 2.21. The molecular formula is C38H74NO8P. The van der Waals surface area contributed by atoms with Crippen LogP contribution in [0.25, 0.3) is 0 Å². The zero-order chi connectivity index (χ0) is 35.8. The van der Waals surface area contributed by atoms with Crippen LogP contribution >= 0.6 is 7.82 Å². The average Bonchev–Trinajstić information content (AvgIpc) is 3.02. The molecule has 0 saturated carbocycles. The van der Waals surface area contributed by atoms with Crippen LogP contribution in [-0.2, 0) is 32.7 Å². The number of carbonyl (C=O) groups excluding carboxylic acids is 2. The van der Waals surface area contributed by atoms with Gasteiger partial charge in [0.2, 0.25) is 0 Å². The molecule has 0 aromatic rings. The molecule has 0 spiro atoms. The van der Waals surface area contributed by atoms with Crippen LogP contribution in [0.1, 0.15) is 168 Å². The topological polar surface area (TPSA) is 111 Å². The van der Waals surface area contributed by atoms with Crippen molar-refractivity contribution < 1.29 is 42.1 Å². The summed E-state index contributed by atoms with van der Waals surface area (Å²) in [7, 11) is 1.17.